The second kappa shape index (κ2) is 8.89. The first-order chi connectivity index (χ1) is 12.5. The minimum atomic E-state index is -0.245. The Bertz CT molecular complexity index is 770. The Morgan fingerprint density at radius 1 is 1.04 bits per heavy atom. The summed E-state index contributed by atoms with van der Waals surface area (Å²) in [6.45, 7) is 2.60. The van der Waals surface area contributed by atoms with Crippen molar-refractivity contribution in [2.75, 3.05) is 38.0 Å². The number of amides is 2. The molecule has 2 amide bonds. The van der Waals surface area contributed by atoms with E-state index >= 15 is 0 Å². The van der Waals surface area contributed by atoms with Crippen molar-refractivity contribution in [3.63, 3.8) is 0 Å². The third kappa shape index (κ3) is 4.75. The second-order valence-corrected chi connectivity index (χ2v) is 6.06. The Labute approximate surface area is 154 Å². The van der Waals surface area contributed by atoms with Gasteiger partial charge in [0, 0.05) is 37.6 Å². The van der Waals surface area contributed by atoms with E-state index in [9.17, 15) is 9.59 Å². The van der Waals surface area contributed by atoms with E-state index in [0.717, 1.165) is 12.1 Å². The molecule has 0 saturated heterocycles. The van der Waals surface area contributed by atoms with Crippen LogP contribution in [-0.2, 0) is 0 Å². The number of carbonyl (C=O) groups excluding carboxylic acids is 2. The Morgan fingerprint density at radius 3 is 2.31 bits per heavy atom. The predicted molar refractivity (Wildman–Crippen MR) is 104 cm³/mol. The fraction of sp³-hybridized carbons (Fsp3) is 0.300. The van der Waals surface area contributed by atoms with Gasteiger partial charge < -0.3 is 20.3 Å². The molecule has 0 unspecified atom stereocenters. The smallest absolute Gasteiger partial charge is 0.255 e. The number of nitrogens with zero attached hydrogens (tertiary/aromatic N) is 1. The highest BCUT2D eigenvalue weighted by atomic mass is 16.5. The summed E-state index contributed by atoms with van der Waals surface area (Å²) >= 11 is 0. The fourth-order valence-corrected chi connectivity index (χ4v) is 2.47. The van der Waals surface area contributed by atoms with E-state index in [1.165, 1.54) is 0 Å². The Balaban J connectivity index is 2.23. The molecular weight excluding hydrogens is 330 g/mol. The number of hydrogen-bond acceptors (Lipinski definition) is 4. The molecule has 2 N–H and O–H groups in total. The molecule has 0 aliphatic rings. The van der Waals surface area contributed by atoms with Gasteiger partial charge in [-0.15, -0.1) is 0 Å². The van der Waals surface area contributed by atoms with Gasteiger partial charge in [-0.05, 0) is 48.9 Å². The van der Waals surface area contributed by atoms with Crippen molar-refractivity contribution in [3.8, 4) is 5.75 Å². The number of methoxy groups -OCH3 is 1. The van der Waals surface area contributed by atoms with E-state index < -0.39 is 0 Å². The van der Waals surface area contributed by atoms with Crippen molar-refractivity contribution in [2.45, 2.75) is 13.3 Å². The van der Waals surface area contributed by atoms with Crippen LogP contribution in [0.5, 0.6) is 5.75 Å². The van der Waals surface area contributed by atoms with E-state index in [2.05, 4.69) is 10.6 Å². The van der Waals surface area contributed by atoms with Gasteiger partial charge in [-0.2, -0.15) is 0 Å². The van der Waals surface area contributed by atoms with Gasteiger partial charge in [0.05, 0.1) is 12.7 Å². The molecule has 2 rings (SSSR count). The quantitative estimate of drug-likeness (QED) is 0.800. The molecule has 138 valence electrons. The zero-order valence-electron chi connectivity index (χ0n) is 15.6. The van der Waals surface area contributed by atoms with Crippen LogP contribution in [0.3, 0.4) is 0 Å². The van der Waals surface area contributed by atoms with E-state index in [4.69, 9.17) is 4.74 Å². The van der Waals surface area contributed by atoms with Crippen molar-refractivity contribution in [1.82, 2.24) is 5.32 Å². The van der Waals surface area contributed by atoms with Crippen LogP contribution in [0.1, 0.15) is 34.1 Å². The van der Waals surface area contributed by atoms with Crippen LogP contribution >= 0.6 is 0 Å². The molecule has 0 spiro atoms. The number of rotatable bonds is 7. The minimum Gasteiger partial charge on any atom is -0.497 e. The average Bonchev–Trinajstić information content (AvgIpc) is 2.65. The van der Waals surface area contributed by atoms with Crippen molar-refractivity contribution < 1.29 is 14.3 Å². The van der Waals surface area contributed by atoms with Crippen molar-refractivity contribution in [2.24, 2.45) is 0 Å². The first-order valence-corrected chi connectivity index (χ1v) is 8.51. The number of anilines is 2. The van der Waals surface area contributed by atoms with Gasteiger partial charge in [-0.25, -0.2) is 0 Å². The van der Waals surface area contributed by atoms with Crippen LogP contribution < -0.4 is 20.3 Å². The molecule has 6 heteroatoms. The molecule has 2 aromatic rings. The van der Waals surface area contributed by atoms with Crippen LogP contribution in [0, 0.1) is 0 Å². The van der Waals surface area contributed by atoms with Gasteiger partial charge in [0.2, 0.25) is 0 Å². The van der Waals surface area contributed by atoms with Crippen LogP contribution in [0.2, 0.25) is 0 Å². The first-order valence-electron chi connectivity index (χ1n) is 8.51. The van der Waals surface area contributed by atoms with Crippen LogP contribution in [0.4, 0.5) is 11.4 Å². The standard InChI is InChI=1S/C20H25N3O3/c1-5-12-21-20(25)17-13-15(8-11-18(17)23(2)3)22-19(24)14-6-9-16(26-4)10-7-14/h6-11,13H,5,12H2,1-4H3,(H,21,25)(H,22,24). The summed E-state index contributed by atoms with van der Waals surface area (Å²) in [5, 5.41) is 5.71. The Hall–Kier alpha value is -3.02. The van der Waals surface area contributed by atoms with E-state index in [1.54, 1.807) is 43.5 Å². The van der Waals surface area contributed by atoms with Gasteiger partial charge in [-0.3, -0.25) is 9.59 Å². The van der Waals surface area contributed by atoms with E-state index in [-0.39, 0.29) is 11.8 Å². The molecule has 26 heavy (non-hydrogen) atoms. The molecule has 2 aromatic carbocycles. The summed E-state index contributed by atoms with van der Waals surface area (Å²) in [7, 11) is 5.33. The largest absolute Gasteiger partial charge is 0.497 e. The summed E-state index contributed by atoms with van der Waals surface area (Å²) in [5.74, 6) is 0.285. The lowest BCUT2D eigenvalue weighted by atomic mass is 10.1. The molecule has 0 heterocycles. The van der Waals surface area contributed by atoms with E-state index in [0.29, 0.717) is 29.1 Å². The lowest BCUT2D eigenvalue weighted by Crippen LogP contribution is -2.26. The van der Waals surface area contributed by atoms with Gasteiger partial charge >= 0.3 is 0 Å². The zero-order valence-corrected chi connectivity index (χ0v) is 15.6. The van der Waals surface area contributed by atoms with Gasteiger partial charge in [0.25, 0.3) is 11.8 Å². The molecule has 0 fully saturated rings. The monoisotopic (exact) mass is 355 g/mol. The molecule has 0 atom stereocenters. The highest BCUT2D eigenvalue weighted by Crippen LogP contribution is 2.23. The predicted octanol–water partition coefficient (Wildman–Crippen LogP) is 3.15. The topological polar surface area (TPSA) is 70.7 Å². The maximum Gasteiger partial charge on any atom is 0.255 e. The molecule has 0 saturated carbocycles. The summed E-state index contributed by atoms with van der Waals surface area (Å²) < 4.78 is 5.10. The van der Waals surface area contributed by atoms with Crippen LogP contribution in [-0.4, -0.2) is 39.6 Å². The summed E-state index contributed by atoms with van der Waals surface area (Å²) in [6, 6.07) is 12.1. The first kappa shape index (κ1) is 19.3. The van der Waals surface area contributed by atoms with Gasteiger partial charge in [0.1, 0.15) is 5.75 Å². The highest BCUT2D eigenvalue weighted by molar-refractivity contribution is 6.06. The molecule has 0 aliphatic heterocycles. The van der Waals surface area contributed by atoms with Crippen LogP contribution in [0.15, 0.2) is 42.5 Å². The molecular formula is C20H25N3O3. The Morgan fingerprint density at radius 2 is 1.73 bits per heavy atom. The number of carbonyl (C=O) groups is 2. The minimum absolute atomic E-state index is 0.156. The van der Waals surface area contributed by atoms with Gasteiger partial charge in [-0.1, -0.05) is 6.92 Å². The maximum absolute atomic E-state index is 12.4. The summed E-state index contributed by atoms with van der Waals surface area (Å²) in [6.07, 6.45) is 0.858. The second-order valence-electron chi connectivity index (χ2n) is 6.06. The lowest BCUT2D eigenvalue weighted by Gasteiger charge is -2.18. The zero-order chi connectivity index (χ0) is 19.1. The van der Waals surface area contributed by atoms with Crippen molar-refractivity contribution >= 4 is 23.2 Å². The summed E-state index contributed by atoms with van der Waals surface area (Å²) in [5.41, 5.74) is 2.40. The molecule has 0 aliphatic carbocycles. The molecule has 0 radical (unpaired) electrons. The van der Waals surface area contributed by atoms with E-state index in [1.807, 2.05) is 32.0 Å². The normalized spacial score (nSPS) is 10.2. The highest BCUT2D eigenvalue weighted by Gasteiger charge is 2.15. The lowest BCUT2D eigenvalue weighted by molar-refractivity contribution is 0.0952. The third-order valence-corrected chi connectivity index (χ3v) is 3.87. The van der Waals surface area contributed by atoms with Crippen LogP contribution in [0.25, 0.3) is 0 Å². The van der Waals surface area contributed by atoms with Crippen molar-refractivity contribution in [1.29, 1.82) is 0 Å². The Kier molecular flexibility index (Phi) is 6.60. The average molecular weight is 355 g/mol. The molecule has 0 aromatic heterocycles. The van der Waals surface area contributed by atoms with Crippen molar-refractivity contribution in [3.05, 3.63) is 53.6 Å². The SMILES string of the molecule is CCCNC(=O)c1cc(NC(=O)c2ccc(OC)cc2)ccc1N(C)C. The third-order valence-electron chi connectivity index (χ3n) is 3.87. The van der Waals surface area contributed by atoms with Gasteiger partial charge in [0.15, 0.2) is 0 Å². The molecule has 0 bridgehead atoms. The maximum atomic E-state index is 12.4. The number of ether oxygens (including phenoxy) is 1. The molecule has 6 nitrogen and oxygen atoms in total. The number of nitrogens with one attached hydrogen (secondary N) is 2. The summed E-state index contributed by atoms with van der Waals surface area (Å²) in [4.78, 5) is 26.7. The fourth-order valence-electron chi connectivity index (χ4n) is 2.47. The number of benzene rings is 2. The number of hydrogen-bond donors (Lipinski definition) is 2.